The van der Waals surface area contributed by atoms with E-state index >= 15 is 0 Å². The fraction of sp³-hybridized carbons (Fsp3) is 0.467. The Morgan fingerprint density at radius 2 is 1.65 bits per heavy atom. The monoisotopic (exact) mass is 342 g/mol. The van der Waals surface area contributed by atoms with Crippen LogP contribution >= 0.6 is 0 Å². The Morgan fingerprint density at radius 3 is 2.26 bits per heavy atom. The smallest absolute Gasteiger partial charge is 0.239 e. The van der Waals surface area contributed by atoms with Gasteiger partial charge < -0.3 is 10.2 Å². The third-order valence-electron chi connectivity index (χ3n) is 3.53. The van der Waals surface area contributed by atoms with Gasteiger partial charge in [-0.25, -0.2) is 12.8 Å². The number of halogens is 1. The molecule has 2 rings (SSSR count). The van der Waals surface area contributed by atoms with E-state index < -0.39 is 39.0 Å². The van der Waals surface area contributed by atoms with Crippen molar-refractivity contribution in [3.63, 3.8) is 0 Å². The van der Waals surface area contributed by atoms with E-state index in [-0.39, 0.29) is 0 Å². The van der Waals surface area contributed by atoms with E-state index in [2.05, 4.69) is 5.32 Å². The van der Waals surface area contributed by atoms with Crippen LogP contribution in [0.15, 0.2) is 24.3 Å². The summed E-state index contributed by atoms with van der Waals surface area (Å²) in [6, 6.07) is 4.98. The van der Waals surface area contributed by atoms with Crippen LogP contribution in [0.3, 0.4) is 0 Å². The summed E-state index contributed by atoms with van der Waals surface area (Å²) in [6.45, 7) is 1.13. The van der Waals surface area contributed by atoms with Crippen LogP contribution in [0.1, 0.15) is 19.3 Å². The molecule has 1 aliphatic heterocycles. The zero-order chi connectivity index (χ0) is 16.9. The highest BCUT2D eigenvalue weighted by Crippen LogP contribution is 2.11. The van der Waals surface area contributed by atoms with Crippen molar-refractivity contribution in [2.45, 2.75) is 19.3 Å². The van der Waals surface area contributed by atoms with Crippen LogP contribution in [0, 0.1) is 5.82 Å². The SMILES string of the molecule is O=C(CS(=O)(=O)CC(=O)N1CCCCC1)Nc1ccc(F)cc1. The Bertz CT molecular complexity index is 667. The predicted octanol–water partition coefficient (Wildman–Crippen LogP) is 1.19. The first-order valence-electron chi connectivity index (χ1n) is 7.39. The Labute approximate surface area is 134 Å². The number of nitrogens with one attached hydrogen (secondary N) is 1. The molecule has 2 amide bonds. The molecule has 1 N–H and O–H groups in total. The summed E-state index contributed by atoms with van der Waals surface area (Å²) in [4.78, 5) is 25.3. The van der Waals surface area contributed by atoms with Gasteiger partial charge in [0.25, 0.3) is 0 Å². The maximum Gasteiger partial charge on any atom is 0.239 e. The standard InChI is InChI=1S/C15H19FN2O4S/c16-12-4-6-13(7-5-12)17-14(19)10-23(21,22)11-15(20)18-8-2-1-3-9-18/h4-7H,1-3,8-11H2,(H,17,19). The molecule has 126 valence electrons. The summed E-state index contributed by atoms with van der Waals surface area (Å²) in [5.74, 6) is -3.10. The van der Waals surface area contributed by atoms with E-state index in [1.807, 2.05) is 0 Å². The highest BCUT2D eigenvalue weighted by atomic mass is 32.2. The Kier molecular flexibility index (Phi) is 5.70. The summed E-state index contributed by atoms with van der Waals surface area (Å²) in [5, 5.41) is 2.37. The molecular formula is C15H19FN2O4S. The molecular weight excluding hydrogens is 323 g/mol. The summed E-state index contributed by atoms with van der Waals surface area (Å²) in [5.41, 5.74) is 0.300. The molecule has 23 heavy (non-hydrogen) atoms. The third kappa shape index (κ3) is 5.63. The van der Waals surface area contributed by atoms with Crippen LogP contribution in [0.5, 0.6) is 0 Å². The van der Waals surface area contributed by atoms with Crippen molar-refractivity contribution >= 4 is 27.3 Å². The second-order valence-electron chi connectivity index (χ2n) is 5.53. The molecule has 1 aliphatic rings. The quantitative estimate of drug-likeness (QED) is 0.871. The Balaban J connectivity index is 1.88. The predicted molar refractivity (Wildman–Crippen MR) is 84.1 cm³/mol. The van der Waals surface area contributed by atoms with Crippen molar-refractivity contribution in [2.24, 2.45) is 0 Å². The zero-order valence-electron chi connectivity index (χ0n) is 12.6. The van der Waals surface area contributed by atoms with E-state index in [4.69, 9.17) is 0 Å². The summed E-state index contributed by atoms with van der Waals surface area (Å²) >= 11 is 0. The number of rotatable bonds is 5. The van der Waals surface area contributed by atoms with Crippen LogP contribution in [0.4, 0.5) is 10.1 Å². The molecule has 8 heteroatoms. The van der Waals surface area contributed by atoms with Gasteiger partial charge in [0.1, 0.15) is 17.3 Å². The highest BCUT2D eigenvalue weighted by Gasteiger charge is 2.25. The lowest BCUT2D eigenvalue weighted by atomic mass is 10.1. The number of hydrogen-bond acceptors (Lipinski definition) is 4. The fourth-order valence-electron chi connectivity index (χ4n) is 2.40. The van der Waals surface area contributed by atoms with Gasteiger partial charge in [-0.15, -0.1) is 0 Å². The molecule has 0 aliphatic carbocycles. The first-order chi connectivity index (χ1) is 10.9. The summed E-state index contributed by atoms with van der Waals surface area (Å²) in [7, 11) is -3.83. The largest absolute Gasteiger partial charge is 0.342 e. The molecule has 0 aromatic heterocycles. The molecule has 1 aromatic rings. The Hall–Kier alpha value is -1.96. The minimum absolute atomic E-state index is 0.300. The number of anilines is 1. The number of hydrogen-bond donors (Lipinski definition) is 1. The molecule has 1 fully saturated rings. The Morgan fingerprint density at radius 1 is 1.04 bits per heavy atom. The van der Waals surface area contributed by atoms with E-state index in [0.717, 1.165) is 31.4 Å². The van der Waals surface area contributed by atoms with Gasteiger partial charge in [-0.05, 0) is 43.5 Å². The van der Waals surface area contributed by atoms with Crippen LogP contribution in [0.2, 0.25) is 0 Å². The molecule has 0 bridgehead atoms. The van der Waals surface area contributed by atoms with Gasteiger partial charge in [0, 0.05) is 18.8 Å². The number of amides is 2. The lowest BCUT2D eigenvalue weighted by Crippen LogP contribution is -2.40. The van der Waals surface area contributed by atoms with Gasteiger partial charge in [-0.1, -0.05) is 0 Å². The van der Waals surface area contributed by atoms with Crippen molar-refractivity contribution < 1.29 is 22.4 Å². The minimum Gasteiger partial charge on any atom is -0.342 e. The lowest BCUT2D eigenvalue weighted by molar-refractivity contribution is -0.129. The number of carbonyl (C=O) groups excluding carboxylic acids is 2. The van der Waals surface area contributed by atoms with Gasteiger partial charge in [0.05, 0.1) is 0 Å². The molecule has 0 atom stereocenters. The van der Waals surface area contributed by atoms with Gasteiger partial charge in [-0.3, -0.25) is 9.59 Å². The number of carbonyl (C=O) groups is 2. The lowest BCUT2D eigenvalue weighted by Gasteiger charge is -2.26. The topological polar surface area (TPSA) is 83.5 Å². The van der Waals surface area contributed by atoms with Gasteiger partial charge in [0.2, 0.25) is 11.8 Å². The van der Waals surface area contributed by atoms with Crippen molar-refractivity contribution in [3.05, 3.63) is 30.1 Å². The number of benzene rings is 1. The second-order valence-corrected chi connectivity index (χ2v) is 7.59. The van der Waals surface area contributed by atoms with E-state index in [1.54, 1.807) is 0 Å². The fourth-order valence-corrected chi connectivity index (χ4v) is 3.54. The molecule has 0 unspecified atom stereocenters. The first-order valence-corrected chi connectivity index (χ1v) is 9.21. The van der Waals surface area contributed by atoms with Crippen LogP contribution < -0.4 is 5.32 Å². The maximum atomic E-state index is 12.8. The van der Waals surface area contributed by atoms with Crippen molar-refractivity contribution in [1.82, 2.24) is 4.90 Å². The van der Waals surface area contributed by atoms with Crippen LogP contribution in [-0.4, -0.2) is 49.7 Å². The molecule has 1 heterocycles. The van der Waals surface area contributed by atoms with E-state index in [9.17, 15) is 22.4 Å². The van der Waals surface area contributed by atoms with Crippen LogP contribution in [-0.2, 0) is 19.4 Å². The van der Waals surface area contributed by atoms with Crippen molar-refractivity contribution in [3.8, 4) is 0 Å². The number of sulfone groups is 1. The molecule has 0 radical (unpaired) electrons. The first kappa shape index (κ1) is 17.4. The number of piperidine rings is 1. The summed E-state index contributed by atoms with van der Waals surface area (Å²) in [6.07, 6.45) is 2.78. The molecule has 1 aromatic carbocycles. The van der Waals surface area contributed by atoms with Gasteiger partial charge in [-0.2, -0.15) is 0 Å². The zero-order valence-corrected chi connectivity index (χ0v) is 13.4. The minimum atomic E-state index is -3.83. The number of likely N-dealkylation sites (tertiary alicyclic amines) is 1. The van der Waals surface area contributed by atoms with Crippen molar-refractivity contribution in [2.75, 3.05) is 29.9 Å². The van der Waals surface area contributed by atoms with E-state index in [1.165, 1.54) is 17.0 Å². The maximum absolute atomic E-state index is 12.8. The molecule has 6 nitrogen and oxygen atoms in total. The molecule has 0 spiro atoms. The van der Waals surface area contributed by atoms with Crippen LogP contribution in [0.25, 0.3) is 0 Å². The average molecular weight is 342 g/mol. The molecule has 1 saturated heterocycles. The molecule has 0 saturated carbocycles. The third-order valence-corrected chi connectivity index (χ3v) is 4.92. The van der Waals surface area contributed by atoms with E-state index in [0.29, 0.717) is 18.8 Å². The second kappa shape index (κ2) is 7.54. The van der Waals surface area contributed by atoms with Gasteiger partial charge >= 0.3 is 0 Å². The van der Waals surface area contributed by atoms with Crippen molar-refractivity contribution in [1.29, 1.82) is 0 Å². The highest BCUT2D eigenvalue weighted by molar-refractivity contribution is 7.92. The average Bonchev–Trinajstić information content (AvgIpc) is 2.49. The number of nitrogens with zero attached hydrogens (tertiary/aromatic N) is 1. The normalized spacial score (nSPS) is 15.3. The van der Waals surface area contributed by atoms with Gasteiger partial charge in [0.15, 0.2) is 9.84 Å². The summed E-state index contributed by atoms with van der Waals surface area (Å²) < 4.78 is 36.7.